The van der Waals surface area contributed by atoms with Gasteiger partial charge in [-0.3, -0.25) is 0 Å². The highest BCUT2D eigenvalue weighted by molar-refractivity contribution is 7.72. The standard InChI is InChI=1S/C4H12P.CHF3/c1-5(2,3)4;2-1(3)4/h1-4H3;1H/q+1;. The van der Waals surface area contributed by atoms with Gasteiger partial charge < -0.3 is 0 Å². The maximum absolute atomic E-state index is 9.67. The van der Waals surface area contributed by atoms with Crippen molar-refractivity contribution in [1.29, 1.82) is 0 Å². The van der Waals surface area contributed by atoms with Crippen LogP contribution in [0.5, 0.6) is 0 Å². The molecular formula is C5H13F3P+. The maximum atomic E-state index is 9.67. The molecule has 0 bridgehead atoms. The topological polar surface area (TPSA) is 0 Å². The molecule has 4 heteroatoms. The maximum Gasteiger partial charge on any atom is 0.379 e. The molecule has 0 N–H and O–H groups in total. The van der Waals surface area contributed by atoms with E-state index in [1.165, 1.54) is 0 Å². The van der Waals surface area contributed by atoms with Crippen LogP contribution in [0.3, 0.4) is 0 Å². The van der Waals surface area contributed by atoms with Gasteiger partial charge in [0.15, 0.2) is 0 Å². The Labute approximate surface area is 54.8 Å². The van der Waals surface area contributed by atoms with E-state index in [0.717, 1.165) is 0 Å². The van der Waals surface area contributed by atoms with Crippen LogP contribution >= 0.6 is 7.26 Å². The van der Waals surface area contributed by atoms with Gasteiger partial charge in [0.05, 0.1) is 0 Å². The van der Waals surface area contributed by atoms with Gasteiger partial charge in [-0.05, 0) is 0 Å². The molecule has 58 valence electrons. The highest BCUT2D eigenvalue weighted by Gasteiger charge is 2.03. The lowest BCUT2D eigenvalue weighted by Gasteiger charge is -1.97. The van der Waals surface area contributed by atoms with Crippen molar-refractivity contribution in [3.8, 4) is 0 Å². The second-order valence-corrected chi connectivity index (χ2v) is 8.30. The summed E-state index contributed by atoms with van der Waals surface area (Å²) in [5, 5.41) is 0. The Bertz CT molecular complexity index is 49.0. The molecule has 0 aliphatic carbocycles. The molecule has 0 aromatic carbocycles. The van der Waals surface area contributed by atoms with Crippen LogP contribution in [0.4, 0.5) is 13.2 Å². The van der Waals surface area contributed by atoms with Crippen molar-refractivity contribution in [1.82, 2.24) is 0 Å². The van der Waals surface area contributed by atoms with Crippen molar-refractivity contribution < 1.29 is 13.2 Å². The summed E-state index contributed by atoms with van der Waals surface area (Å²) >= 11 is 0. The molecule has 0 nitrogen and oxygen atoms in total. The predicted molar refractivity (Wildman–Crippen MR) is 37.7 cm³/mol. The molecule has 0 aromatic heterocycles. The van der Waals surface area contributed by atoms with Crippen molar-refractivity contribution in [2.24, 2.45) is 0 Å². The summed E-state index contributed by atoms with van der Waals surface area (Å²) in [5.74, 6) is 0. The predicted octanol–water partition coefficient (Wildman–Crippen LogP) is 2.70. The fraction of sp³-hybridized carbons (Fsp3) is 1.00. The van der Waals surface area contributed by atoms with Crippen LogP contribution in [-0.2, 0) is 0 Å². The van der Waals surface area contributed by atoms with Crippen LogP contribution in [0.15, 0.2) is 0 Å². The summed E-state index contributed by atoms with van der Waals surface area (Å²) in [6.45, 7) is 5.53. The average molecular weight is 161 g/mol. The molecule has 0 aliphatic rings. The molecule has 0 unspecified atom stereocenters. The van der Waals surface area contributed by atoms with Gasteiger partial charge in [0.1, 0.15) is 0 Å². The van der Waals surface area contributed by atoms with Crippen molar-refractivity contribution >= 4 is 7.26 Å². The van der Waals surface area contributed by atoms with E-state index < -0.39 is 6.68 Å². The highest BCUT2D eigenvalue weighted by Crippen LogP contribution is 2.40. The first-order chi connectivity index (χ1) is 3.73. The molecule has 0 atom stereocenters. The monoisotopic (exact) mass is 161 g/mol. The van der Waals surface area contributed by atoms with E-state index in [1.807, 2.05) is 0 Å². The molecule has 9 heavy (non-hydrogen) atoms. The Hall–Kier alpha value is 0.220. The van der Waals surface area contributed by atoms with Crippen molar-refractivity contribution in [2.75, 3.05) is 26.7 Å². The van der Waals surface area contributed by atoms with Crippen LogP contribution in [0.25, 0.3) is 0 Å². The van der Waals surface area contributed by atoms with Gasteiger partial charge in [0, 0.05) is 33.9 Å². The third-order valence-corrected chi connectivity index (χ3v) is 0. The molecule has 0 saturated heterocycles. The Kier molecular flexibility index (Phi) is 6.69. The largest absolute Gasteiger partial charge is 0.379 e. The number of alkyl halides is 3. The quantitative estimate of drug-likeness (QED) is 0.479. The average Bonchev–Trinajstić information content (AvgIpc) is 1.19. The summed E-state index contributed by atoms with van der Waals surface area (Å²) in [6.07, 6.45) is 0. The van der Waals surface area contributed by atoms with Crippen molar-refractivity contribution in [2.45, 2.75) is 6.68 Å². The lowest BCUT2D eigenvalue weighted by Crippen LogP contribution is -1.74. The zero-order chi connectivity index (χ0) is 8.08. The zero-order valence-electron chi connectivity index (χ0n) is 6.16. The Morgan fingerprint density at radius 2 is 0.889 bits per heavy atom. The van der Waals surface area contributed by atoms with E-state index in [0.29, 0.717) is 0 Å². The smallest absolute Gasteiger partial charge is 0.174 e. The molecule has 0 amide bonds. The summed E-state index contributed by atoms with van der Waals surface area (Å²) in [7, 11) is -0.389. The summed E-state index contributed by atoms with van der Waals surface area (Å²) in [6, 6.07) is 0. The summed E-state index contributed by atoms with van der Waals surface area (Å²) in [5.41, 5.74) is 0. The number of halogens is 3. The molecule has 0 rings (SSSR count). The molecule has 0 aromatic rings. The Morgan fingerprint density at radius 3 is 0.889 bits per heavy atom. The minimum atomic E-state index is -3.67. The van der Waals surface area contributed by atoms with Gasteiger partial charge in [-0.2, -0.15) is 13.2 Å². The number of hydrogen-bond acceptors (Lipinski definition) is 0. The van der Waals surface area contributed by atoms with Crippen molar-refractivity contribution in [3.05, 3.63) is 0 Å². The normalized spacial score (nSPS) is 10.7. The van der Waals surface area contributed by atoms with Crippen LogP contribution < -0.4 is 0 Å². The van der Waals surface area contributed by atoms with Crippen LogP contribution in [-0.4, -0.2) is 33.3 Å². The molecule has 0 saturated carbocycles. The first kappa shape index (κ1) is 12.0. The lowest BCUT2D eigenvalue weighted by atomic mass is 11.6. The summed E-state index contributed by atoms with van der Waals surface area (Å²) in [4.78, 5) is 0. The highest BCUT2D eigenvalue weighted by atomic mass is 31.2. The van der Waals surface area contributed by atoms with E-state index in [9.17, 15) is 13.2 Å². The van der Waals surface area contributed by atoms with Gasteiger partial charge >= 0.3 is 6.68 Å². The van der Waals surface area contributed by atoms with Crippen molar-refractivity contribution in [3.63, 3.8) is 0 Å². The van der Waals surface area contributed by atoms with Gasteiger partial charge in [-0.15, -0.1) is 0 Å². The second kappa shape index (κ2) is 5.04. The lowest BCUT2D eigenvalue weighted by molar-refractivity contribution is 0.00819. The third kappa shape index (κ3) is 6570. The molecule has 0 spiro atoms. The van der Waals surface area contributed by atoms with Gasteiger partial charge in [0.25, 0.3) is 0 Å². The molecular weight excluding hydrogens is 148 g/mol. The fourth-order valence-electron chi connectivity index (χ4n) is 0. The number of rotatable bonds is 0. The van der Waals surface area contributed by atoms with E-state index in [2.05, 4.69) is 26.7 Å². The zero-order valence-corrected chi connectivity index (χ0v) is 7.05. The van der Waals surface area contributed by atoms with Crippen LogP contribution in [0, 0.1) is 0 Å². The van der Waals surface area contributed by atoms with Gasteiger partial charge in [0.2, 0.25) is 0 Å². The fourth-order valence-corrected chi connectivity index (χ4v) is 0. The Balaban J connectivity index is 0. The number of hydrogen-bond donors (Lipinski definition) is 0. The van der Waals surface area contributed by atoms with Crippen LogP contribution in [0.2, 0.25) is 0 Å². The Morgan fingerprint density at radius 1 is 0.889 bits per heavy atom. The van der Waals surface area contributed by atoms with E-state index in [1.54, 1.807) is 0 Å². The molecule has 0 radical (unpaired) electrons. The second-order valence-electron chi connectivity index (χ2n) is 2.93. The summed E-state index contributed by atoms with van der Waals surface area (Å²) < 4.78 is 29.0. The minimum absolute atomic E-state index is 0.389. The van der Waals surface area contributed by atoms with E-state index in [4.69, 9.17) is 0 Å². The third-order valence-electron chi connectivity index (χ3n) is 0. The minimum Gasteiger partial charge on any atom is -0.174 e. The van der Waals surface area contributed by atoms with Gasteiger partial charge in [-0.1, -0.05) is 0 Å². The first-order valence-electron chi connectivity index (χ1n) is 2.44. The van der Waals surface area contributed by atoms with Crippen LogP contribution in [0.1, 0.15) is 0 Å². The van der Waals surface area contributed by atoms with E-state index in [-0.39, 0.29) is 7.26 Å². The molecule has 0 aliphatic heterocycles. The molecule has 0 heterocycles. The SMILES string of the molecule is C[P+](C)(C)C.FC(F)F. The van der Waals surface area contributed by atoms with E-state index >= 15 is 0 Å². The van der Waals surface area contributed by atoms with Gasteiger partial charge in [-0.25, -0.2) is 0 Å². The first-order valence-corrected chi connectivity index (χ1v) is 6.02. The molecule has 0 fully saturated rings.